The standard InChI is InChI=1S/C18H20FNOS/c1-2-21-15-6-3-13(4-7-15)12-20-17-9-10-22-18-8-5-14(19)11-16(17)18/h3-8,11,17,20H,2,9-10,12H2,1H3. The smallest absolute Gasteiger partial charge is 0.123 e. The Labute approximate surface area is 135 Å². The molecule has 1 heterocycles. The summed E-state index contributed by atoms with van der Waals surface area (Å²) in [4.78, 5) is 1.19. The van der Waals surface area contributed by atoms with Crippen LogP contribution in [0.15, 0.2) is 47.4 Å². The first-order valence-electron chi connectivity index (χ1n) is 7.63. The molecule has 2 aromatic rings. The summed E-state index contributed by atoms with van der Waals surface area (Å²) in [7, 11) is 0. The van der Waals surface area contributed by atoms with Gasteiger partial charge in [0.2, 0.25) is 0 Å². The van der Waals surface area contributed by atoms with Gasteiger partial charge in [0.05, 0.1) is 6.61 Å². The monoisotopic (exact) mass is 317 g/mol. The van der Waals surface area contributed by atoms with Gasteiger partial charge in [0, 0.05) is 17.5 Å². The lowest BCUT2D eigenvalue weighted by atomic mass is 10.0. The maximum atomic E-state index is 13.5. The molecule has 0 amide bonds. The van der Waals surface area contributed by atoms with Crippen molar-refractivity contribution in [2.75, 3.05) is 12.4 Å². The molecule has 2 aromatic carbocycles. The molecule has 1 aliphatic rings. The summed E-state index contributed by atoms with van der Waals surface area (Å²) >= 11 is 1.81. The number of nitrogens with one attached hydrogen (secondary N) is 1. The van der Waals surface area contributed by atoms with E-state index in [0.717, 1.165) is 30.0 Å². The Kier molecular flexibility index (Phi) is 5.01. The van der Waals surface area contributed by atoms with Gasteiger partial charge in [-0.2, -0.15) is 0 Å². The van der Waals surface area contributed by atoms with Crippen molar-refractivity contribution in [1.29, 1.82) is 0 Å². The molecule has 1 unspecified atom stereocenters. The summed E-state index contributed by atoms with van der Waals surface area (Å²) in [6.07, 6.45) is 1.03. The average molecular weight is 317 g/mol. The molecule has 0 radical (unpaired) electrons. The van der Waals surface area contributed by atoms with E-state index in [1.54, 1.807) is 12.1 Å². The Hall–Kier alpha value is -1.52. The van der Waals surface area contributed by atoms with E-state index in [1.165, 1.54) is 10.5 Å². The van der Waals surface area contributed by atoms with Crippen molar-refractivity contribution in [3.63, 3.8) is 0 Å². The topological polar surface area (TPSA) is 21.3 Å². The zero-order valence-electron chi connectivity index (χ0n) is 12.6. The van der Waals surface area contributed by atoms with Crippen LogP contribution in [0.25, 0.3) is 0 Å². The third kappa shape index (κ3) is 3.62. The molecular formula is C18H20FNOS. The molecule has 116 valence electrons. The van der Waals surface area contributed by atoms with Crippen molar-refractivity contribution in [3.05, 3.63) is 59.4 Å². The predicted molar refractivity (Wildman–Crippen MR) is 88.9 cm³/mol. The maximum Gasteiger partial charge on any atom is 0.123 e. The minimum absolute atomic E-state index is 0.158. The van der Waals surface area contributed by atoms with E-state index in [2.05, 4.69) is 17.4 Å². The summed E-state index contributed by atoms with van der Waals surface area (Å²) in [5, 5.41) is 3.55. The highest BCUT2D eigenvalue weighted by Gasteiger charge is 2.20. The first kappa shape index (κ1) is 15.4. The molecule has 22 heavy (non-hydrogen) atoms. The van der Waals surface area contributed by atoms with Gasteiger partial charge in [-0.1, -0.05) is 12.1 Å². The number of halogens is 1. The zero-order chi connectivity index (χ0) is 15.4. The maximum absolute atomic E-state index is 13.5. The molecule has 0 saturated carbocycles. The minimum atomic E-state index is -0.158. The number of hydrogen-bond acceptors (Lipinski definition) is 3. The van der Waals surface area contributed by atoms with Crippen LogP contribution in [0.4, 0.5) is 4.39 Å². The molecule has 3 rings (SSSR count). The molecular weight excluding hydrogens is 297 g/mol. The Balaban J connectivity index is 1.66. The van der Waals surface area contributed by atoms with Gasteiger partial charge in [0.25, 0.3) is 0 Å². The summed E-state index contributed by atoms with van der Waals surface area (Å²) in [6, 6.07) is 13.4. The minimum Gasteiger partial charge on any atom is -0.494 e. The summed E-state index contributed by atoms with van der Waals surface area (Å²) in [5.41, 5.74) is 2.29. The number of fused-ring (bicyclic) bond motifs is 1. The van der Waals surface area contributed by atoms with Gasteiger partial charge in [0.15, 0.2) is 0 Å². The highest BCUT2D eigenvalue weighted by Crippen LogP contribution is 2.36. The highest BCUT2D eigenvalue weighted by atomic mass is 32.2. The van der Waals surface area contributed by atoms with Crippen LogP contribution in [-0.2, 0) is 6.54 Å². The molecule has 0 fully saturated rings. The van der Waals surface area contributed by atoms with E-state index in [1.807, 2.05) is 36.9 Å². The number of benzene rings is 2. The number of rotatable bonds is 5. The van der Waals surface area contributed by atoms with Gasteiger partial charge < -0.3 is 10.1 Å². The normalized spacial score (nSPS) is 17.1. The van der Waals surface area contributed by atoms with E-state index in [9.17, 15) is 4.39 Å². The average Bonchev–Trinajstić information content (AvgIpc) is 2.54. The second-order valence-electron chi connectivity index (χ2n) is 5.33. The quantitative estimate of drug-likeness (QED) is 0.874. The second-order valence-corrected chi connectivity index (χ2v) is 6.47. The van der Waals surface area contributed by atoms with Crippen molar-refractivity contribution in [2.24, 2.45) is 0 Å². The van der Waals surface area contributed by atoms with Crippen LogP contribution >= 0.6 is 11.8 Å². The lowest BCUT2D eigenvalue weighted by molar-refractivity contribution is 0.340. The van der Waals surface area contributed by atoms with Crippen LogP contribution in [-0.4, -0.2) is 12.4 Å². The van der Waals surface area contributed by atoms with Crippen molar-refractivity contribution < 1.29 is 9.13 Å². The van der Waals surface area contributed by atoms with Crippen LogP contribution < -0.4 is 10.1 Å². The van der Waals surface area contributed by atoms with E-state index in [4.69, 9.17) is 4.74 Å². The molecule has 2 nitrogen and oxygen atoms in total. The van der Waals surface area contributed by atoms with Crippen LogP contribution in [0, 0.1) is 5.82 Å². The van der Waals surface area contributed by atoms with Crippen LogP contribution in [0.3, 0.4) is 0 Å². The Morgan fingerprint density at radius 3 is 2.82 bits per heavy atom. The number of hydrogen-bond donors (Lipinski definition) is 1. The van der Waals surface area contributed by atoms with Crippen molar-refractivity contribution in [2.45, 2.75) is 30.8 Å². The third-order valence-corrected chi connectivity index (χ3v) is 4.92. The Bertz CT molecular complexity index is 629. The number of thioether (sulfide) groups is 1. The van der Waals surface area contributed by atoms with Gasteiger partial charge in [-0.3, -0.25) is 0 Å². The largest absolute Gasteiger partial charge is 0.494 e. The molecule has 0 aromatic heterocycles. The molecule has 0 aliphatic carbocycles. The van der Waals surface area contributed by atoms with Crippen LogP contribution in [0.1, 0.15) is 30.5 Å². The van der Waals surface area contributed by atoms with Gasteiger partial charge in [0.1, 0.15) is 11.6 Å². The first-order chi connectivity index (χ1) is 10.8. The summed E-state index contributed by atoms with van der Waals surface area (Å²) < 4.78 is 18.9. The van der Waals surface area contributed by atoms with Crippen LogP contribution in [0.5, 0.6) is 5.75 Å². The zero-order valence-corrected chi connectivity index (χ0v) is 13.5. The van der Waals surface area contributed by atoms with Gasteiger partial charge >= 0.3 is 0 Å². The molecule has 0 saturated heterocycles. The predicted octanol–water partition coefficient (Wildman–Crippen LogP) is 4.55. The van der Waals surface area contributed by atoms with Crippen LogP contribution in [0.2, 0.25) is 0 Å². The fourth-order valence-electron chi connectivity index (χ4n) is 2.69. The third-order valence-electron chi connectivity index (χ3n) is 3.80. The highest BCUT2D eigenvalue weighted by molar-refractivity contribution is 7.99. The second kappa shape index (κ2) is 7.16. The summed E-state index contributed by atoms with van der Waals surface area (Å²) in [5.74, 6) is 1.81. The van der Waals surface area contributed by atoms with Gasteiger partial charge in [-0.15, -0.1) is 11.8 Å². The van der Waals surface area contributed by atoms with Crippen molar-refractivity contribution in [3.8, 4) is 5.75 Å². The van der Waals surface area contributed by atoms with Crippen molar-refractivity contribution in [1.82, 2.24) is 5.32 Å². The number of ether oxygens (including phenoxy) is 1. The Morgan fingerprint density at radius 1 is 1.23 bits per heavy atom. The molecule has 0 spiro atoms. The molecule has 0 bridgehead atoms. The Morgan fingerprint density at radius 2 is 2.05 bits per heavy atom. The van der Waals surface area contributed by atoms with E-state index in [-0.39, 0.29) is 11.9 Å². The molecule has 4 heteroatoms. The van der Waals surface area contributed by atoms with E-state index < -0.39 is 0 Å². The summed E-state index contributed by atoms with van der Waals surface area (Å²) in [6.45, 7) is 3.44. The molecule has 1 N–H and O–H groups in total. The fourth-order valence-corrected chi connectivity index (χ4v) is 3.79. The first-order valence-corrected chi connectivity index (χ1v) is 8.62. The van der Waals surface area contributed by atoms with Gasteiger partial charge in [-0.25, -0.2) is 4.39 Å². The molecule has 1 aliphatic heterocycles. The van der Waals surface area contributed by atoms with Crippen molar-refractivity contribution >= 4 is 11.8 Å². The van der Waals surface area contributed by atoms with Gasteiger partial charge in [-0.05, 0) is 60.6 Å². The van der Waals surface area contributed by atoms with E-state index >= 15 is 0 Å². The SMILES string of the molecule is CCOc1ccc(CNC2CCSc3ccc(F)cc32)cc1. The van der Waals surface area contributed by atoms with E-state index in [0.29, 0.717) is 6.61 Å². The lowest BCUT2D eigenvalue weighted by Crippen LogP contribution is -2.24. The fraction of sp³-hybridized carbons (Fsp3) is 0.333. The lowest BCUT2D eigenvalue weighted by Gasteiger charge is -2.26. The molecule has 1 atom stereocenters.